The molecular weight excluding hydrogens is 266 g/mol. The predicted molar refractivity (Wildman–Crippen MR) is 80.3 cm³/mol. The van der Waals surface area contributed by atoms with Crippen LogP contribution < -0.4 is 0 Å². The molecule has 3 nitrogen and oxygen atoms in total. The van der Waals surface area contributed by atoms with Gasteiger partial charge in [0.15, 0.2) is 0 Å². The van der Waals surface area contributed by atoms with Crippen LogP contribution in [0.15, 0.2) is 18.2 Å². The van der Waals surface area contributed by atoms with Gasteiger partial charge in [0.05, 0.1) is 0 Å². The summed E-state index contributed by atoms with van der Waals surface area (Å²) >= 11 is 3.49. The Labute approximate surface area is 117 Å². The van der Waals surface area contributed by atoms with Crippen molar-refractivity contribution in [2.45, 2.75) is 19.5 Å². The number of thioether (sulfide) groups is 1. The number of carbonyl (C=O) groups is 1. The van der Waals surface area contributed by atoms with E-state index in [-0.39, 0.29) is 0 Å². The Kier molecular flexibility index (Phi) is 6.46. The Morgan fingerprint density at radius 2 is 2.33 bits per heavy atom. The molecule has 1 aromatic heterocycles. The van der Waals surface area contributed by atoms with Crippen LogP contribution in [0.2, 0.25) is 0 Å². The molecule has 1 N–H and O–H groups in total. The van der Waals surface area contributed by atoms with Gasteiger partial charge in [0.1, 0.15) is 0 Å². The van der Waals surface area contributed by atoms with E-state index >= 15 is 0 Å². The van der Waals surface area contributed by atoms with Crippen molar-refractivity contribution in [1.82, 2.24) is 4.90 Å². The zero-order valence-electron chi connectivity index (χ0n) is 10.9. The Morgan fingerprint density at radius 1 is 1.61 bits per heavy atom. The summed E-state index contributed by atoms with van der Waals surface area (Å²) in [6, 6.07) is 4.57. The van der Waals surface area contributed by atoms with Crippen LogP contribution in [-0.2, 0) is 11.3 Å². The van der Waals surface area contributed by atoms with E-state index in [0.717, 1.165) is 17.2 Å². The molecule has 0 saturated carbocycles. The Morgan fingerprint density at radius 3 is 2.94 bits per heavy atom. The minimum absolute atomic E-state index is 0.542. The lowest BCUT2D eigenvalue weighted by Gasteiger charge is -2.23. The van der Waals surface area contributed by atoms with Gasteiger partial charge in [-0.05, 0) is 38.4 Å². The van der Waals surface area contributed by atoms with Crippen molar-refractivity contribution in [3.05, 3.63) is 28.0 Å². The largest absolute Gasteiger partial charge is 0.478 e. The molecule has 5 heteroatoms. The summed E-state index contributed by atoms with van der Waals surface area (Å²) in [5, 5.41) is 8.57. The van der Waals surface area contributed by atoms with Crippen molar-refractivity contribution in [3.63, 3.8) is 0 Å². The fourth-order valence-corrected chi connectivity index (χ4v) is 3.21. The number of hydrogen-bond donors (Lipinski definition) is 1. The lowest BCUT2D eigenvalue weighted by molar-refractivity contribution is -0.131. The van der Waals surface area contributed by atoms with Crippen molar-refractivity contribution in [2.24, 2.45) is 0 Å². The first-order valence-corrected chi connectivity index (χ1v) is 7.93. The maximum absolute atomic E-state index is 10.4. The number of rotatable bonds is 7. The summed E-state index contributed by atoms with van der Waals surface area (Å²) in [7, 11) is 2.12. The summed E-state index contributed by atoms with van der Waals surface area (Å²) in [5.41, 5.74) is 0. The molecule has 0 aliphatic rings. The molecule has 100 valence electrons. The summed E-state index contributed by atoms with van der Waals surface area (Å²) in [6.45, 7) is 3.13. The highest BCUT2D eigenvalue weighted by Crippen LogP contribution is 2.20. The van der Waals surface area contributed by atoms with E-state index in [2.05, 4.69) is 31.2 Å². The molecule has 18 heavy (non-hydrogen) atoms. The Hall–Kier alpha value is -0.780. The lowest BCUT2D eigenvalue weighted by Crippen LogP contribution is -2.30. The highest BCUT2D eigenvalue weighted by molar-refractivity contribution is 7.98. The molecule has 0 radical (unpaired) electrons. The minimum Gasteiger partial charge on any atom is -0.478 e. The Balaban J connectivity index is 2.55. The highest BCUT2D eigenvalue weighted by atomic mass is 32.2. The van der Waals surface area contributed by atoms with Gasteiger partial charge < -0.3 is 5.11 Å². The molecule has 1 aromatic rings. The van der Waals surface area contributed by atoms with E-state index in [4.69, 9.17) is 5.11 Å². The van der Waals surface area contributed by atoms with Gasteiger partial charge in [-0.2, -0.15) is 11.8 Å². The molecular formula is C13H19NO2S2. The molecule has 1 rings (SSSR count). The van der Waals surface area contributed by atoms with Crippen molar-refractivity contribution in [1.29, 1.82) is 0 Å². The van der Waals surface area contributed by atoms with Crippen molar-refractivity contribution >= 4 is 35.1 Å². The number of hydrogen-bond acceptors (Lipinski definition) is 4. The van der Waals surface area contributed by atoms with E-state index in [9.17, 15) is 4.79 Å². The normalized spacial score (nSPS) is 13.3. The maximum Gasteiger partial charge on any atom is 0.328 e. The van der Waals surface area contributed by atoms with Gasteiger partial charge in [0.2, 0.25) is 0 Å². The molecule has 0 bridgehead atoms. The molecule has 1 atom stereocenters. The smallest absolute Gasteiger partial charge is 0.328 e. The molecule has 0 aliphatic heterocycles. The molecule has 0 saturated heterocycles. The van der Waals surface area contributed by atoms with Crippen LogP contribution in [0.5, 0.6) is 0 Å². The van der Waals surface area contributed by atoms with Crippen LogP contribution in [0.1, 0.15) is 16.7 Å². The summed E-state index contributed by atoms with van der Waals surface area (Å²) in [6.07, 6.45) is 4.93. The minimum atomic E-state index is -0.907. The van der Waals surface area contributed by atoms with Crippen LogP contribution in [0.3, 0.4) is 0 Å². The summed E-state index contributed by atoms with van der Waals surface area (Å²) in [5.74, 6) is 0.212. The second-order valence-electron chi connectivity index (χ2n) is 4.20. The molecule has 0 fully saturated rings. The van der Waals surface area contributed by atoms with Crippen molar-refractivity contribution < 1.29 is 9.90 Å². The van der Waals surface area contributed by atoms with Crippen LogP contribution in [0, 0.1) is 0 Å². The van der Waals surface area contributed by atoms with E-state index in [1.807, 2.05) is 17.8 Å². The van der Waals surface area contributed by atoms with Crippen LogP contribution in [-0.4, -0.2) is 41.1 Å². The second kappa shape index (κ2) is 7.61. The topological polar surface area (TPSA) is 40.5 Å². The average Bonchev–Trinajstić information content (AvgIpc) is 2.74. The van der Waals surface area contributed by atoms with Gasteiger partial charge in [-0.15, -0.1) is 11.3 Å². The van der Waals surface area contributed by atoms with E-state index in [1.165, 1.54) is 11.0 Å². The first kappa shape index (κ1) is 15.3. The molecule has 0 aliphatic carbocycles. The lowest BCUT2D eigenvalue weighted by atomic mass is 10.3. The SMILES string of the molecule is CSCC(C)N(C)Cc1ccc(/C=C/C(=O)O)s1. The molecule has 0 aromatic carbocycles. The van der Waals surface area contributed by atoms with Gasteiger partial charge in [-0.25, -0.2) is 4.79 Å². The van der Waals surface area contributed by atoms with Crippen LogP contribution in [0.25, 0.3) is 6.08 Å². The number of aliphatic carboxylic acids is 1. The maximum atomic E-state index is 10.4. The van der Waals surface area contributed by atoms with E-state index in [1.54, 1.807) is 17.4 Å². The monoisotopic (exact) mass is 285 g/mol. The fourth-order valence-electron chi connectivity index (χ4n) is 1.49. The van der Waals surface area contributed by atoms with Gasteiger partial charge >= 0.3 is 5.97 Å². The second-order valence-corrected chi connectivity index (χ2v) is 6.31. The average molecular weight is 285 g/mol. The first-order valence-electron chi connectivity index (χ1n) is 5.72. The quantitative estimate of drug-likeness (QED) is 0.782. The first-order chi connectivity index (χ1) is 8.52. The van der Waals surface area contributed by atoms with E-state index in [0.29, 0.717) is 6.04 Å². The number of thiophene rings is 1. The van der Waals surface area contributed by atoms with Crippen LogP contribution in [0.4, 0.5) is 0 Å². The highest BCUT2D eigenvalue weighted by Gasteiger charge is 2.09. The predicted octanol–water partition coefficient (Wildman–Crippen LogP) is 3.03. The van der Waals surface area contributed by atoms with Gasteiger partial charge in [-0.1, -0.05) is 0 Å². The zero-order valence-corrected chi connectivity index (χ0v) is 12.6. The van der Waals surface area contributed by atoms with Gasteiger partial charge in [0.25, 0.3) is 0 Å². The third-order valence-electron chi connectivity index (χ3n) is 2.64. The zero-order chi connectivity index (χ0) is 13.5. The fraction of sp³-hybridized carbons (Fsp3) is 0.462. The third kappa shape index (κ3) is 5.25. The number of nitrogens with zero attached hydrogens (tertiary/aromatic N) is 1. The molecule has 0 amide bonds. The van der Waals surface area contributed by atoms with Crippen molar-refractivity contribution in [3.8, 4) is 0 Å². The standard InChI is InChI=1S/C13H19NO2S2/c1-10(9-17-3)14(2)8-12-5-4-11(18-12)6-7-13(15)16/h4-7,10H,8-9H2,1-3H3,(H,15,16)/b7-6+. The van der Waals surface area contributed by atoms with Gasteiger partial charge in [-0.3, -0.25) is 4.90 Å². The summed E-state index contributed by atoms with van der Waals surface area (Å²) < 4.78 is 0. The van der Waals surface area contributed by atoms with Gasteiger partial charge in [0, 0.05) is 34.2 Å². The van der Waals surface area contributed by atoms with E-state index < -0.39 is 5.97 Å². The molecule has 1 heterocycles. The third-order valence-corrected chi connectivity index (χ3v) is 4.49. The molecule has 1 unspecified atom stereocenters. The summed E-state index contributed by atoms with van der Waals surface area (Å²) in [4.78, 5) is 15.0. The Bertz CT molecular complexity index is 415. The van der Waals surface area contributed by atoms with Crippen LogP contribution >= 0.6 is 23.1 Å². The number of carboxylic acid groups (broad SMARTS) is 1. The molecule has 0 spiro atoms. The van der Waals surface area contributed by atoms with Crippen molar-refractivity contribution in [2.75, 3.05) is 19.1 Å². The number of carboxylic acids is 1.